The zero-order chi connectivity index (χ0) is 21.2. The molecule has 2 aliphatic rings. The molecule has 3 aromatic rings. The Morgan fingerprint density at radius 2 is 1.87 bits per heavy atom. The fourth-order valence-electron chi connectivity index (χ4n) is 4.91. The van der Waals surface area contributed by atoms with E-state index in [9.17, 15) is 4.79 Å². The lowest BCUT2D eigenvalue weighted by atomic mass is 9.77. The van der Waals surface area contributed by atoms with E-state index in [1.54, 1.807) is 19.4 Å². The van der Waals surface area contributed by atoms with Crippen molar-refractivity contribution in [3.05, 3.63) is 66.5 Å². The molecule has 7 heteroatoms. The summed E-state index contributed by atoms with van der Waals surface area (Å²) in [5.74, 6) is 2.26. The second kappa shape index (κ2) is 8.51. The number of likely N-dealkylation sites (tertiary alicyclic amines) is 1. The molecular weight excluding hydrogens is 392 g/mol. The summed E-state index contributed by atoms with van der Waals surface area (Å²) in [4.78, 5) is 19.4. The molecule has 7 nitrogen and oxygen atoms in total. The largest absolute Gasteiger partial charge is 0.379 e. The molecular formula is C24H26N4O3. The molecule has 0 bridgehead atoms. The van der Waals surface area contributed by atoms with Gasteiger partial charge in [0.15, 0.2) is 11.5 Å². The number of rotatable bonds is 5. The number of hydrogen-bond acceptors (Lipinski definition) is 6. The summed E-state index contributed by atoms with van der Waals surface area (Å²) in [7, 11) is 1.76. The van der Waals surface area contributed by atoms with Crippen molar-refractivity contribution in [1.29, 1.82) is 0 Å². The Kier molecular flexibility index (Phi) is 5.42. The van der Waals surface area contributed by atoms with Gasteiger partial charge in [0.2, 0.25) is 0 Å². The van der Waals surface area contributed by atoms with E-state index in [0.29, 0.717) is 23.3 Å². The molecule has 1 saturated carbocycles. The van der Waals surface area contributed by atoms with Gasteiger partial charge in [-0.1, -0.05) is 41.6 Å². The van der Waals surface area contributed by atoms with E-state index in [0.717, 1.165) is 37.3 Å². The molecule has 5 rings (SSSR count). The summed E-state index contributed by atoms with van der Waals surface area (Å²) in [6.07, 6.45) is 3.74. The van der Waals surface area contributed by atoms with E-state index >= 15 is 0 Å². The Hall–Kier alpha value is -3.19. The van der Waals surface area contributed by atoms with Crippen molar-refractivity contribution in [1.82, 2.24) is 15.0 Å². The van der Waals surface area contributed by atoms with Crippen LogP contribution in [-0.2, 0) is 4.74 Å². The van der Waals surface area contributed by atoms with Gasteiger partial charge in [-0.25, -0.2) is 4.98 Å². The SMILES string of the molecule is CO[C@@H]1C[C@H]2CN(C(=O)c3cc(-c4ccccc4)on3)C[C@H]2C[C@H]1Nc1ccccn1. The highest BCUT2D eigenvalue weighted by Crippen LogP contribution is 2.39. The zero-order valence-electron chi connectivity index (χ0n) is 17.5. The standard InChI is InChI=1S/C24H26N4O3/c1-30-22-12-18-15-28(14-17(18)11-19(22)26-23-9-5-6-10-25-23)24(29)20-13-21(31-27-20)16-7-3-2-4-8-16/h2-10,13,17-19,22H,11-12,14-15H2,1H3,(H,25,26)/t17-,18+,19-,22-/m1/s1. The molecule has 0 unspecified atom stereocenters. The first-order valence-electron chi connectivity index (χ1n) is 10.7. The maximum atomic E-state index is 13.1. The number of pyridine rings is 1. The molecule has 0 spiro atoms. The molecule has 160 valence electrons. The highest BCUT2D eigenvalue weighted by Gasteiger charge is 2.44. The molecule has 4 atom stereocenters. The Morgan fingerprint density at radius 1 is 1.10 bits per heavy atom. The van der Waals surface area contributed by atoms with E-state index in [2.05, 4.69) is 15.5 Å². The number of nitrogens with zero attached hydrogens (tertiary/aromatic N) is 3. The van der Waals surface area contributed by atoms with E-state index in [-0.39, 0.29) is 18.1 Å². The van der Waals surface area contributed by atoms with Crippen LogP contribution in [0.15, 0.2) is 65.3 Å². The van der Waals surface area contributed by atoms with Crippen LogP contribution in [0, 0.1) is 11.8 Å². The minimum Gasteiger partial charge on any atom is -0.379 e. The van der Waals surface area contributed by atoms with Crippen LogP contribution in [0.25, 0.3) is 11.3 Å². The Bertz CT molecular complexity index is 1020. The van der Waals surface area contributed by atoms with Gasteiger partial charge in [0.05, 0.1) is 12.1 Å². The molecule has 2 aromatic heterocycles. The van der Waals surface area contributed by atoms with Crippen LogP contribution < -0.4 is 5.32 Å². The molecule has 2 fully saturated rings. The van der Waals surface area contributed by atoms with Crippen LogP contribution in [0.5, 0.6) is 0 Å². The summed E-state index contributed by atoms with van der Waals surface area (Å²) >= 11 is 0. The lowest BCUT2D eigenvalue weighted by Gasteiger charge is -2.37. The number of ether oxygens (including phenoxy) is 1. The number of carbonyl (C=O) groups excluding carboxylic acids is 1. The van der Waals surface area contributed by atoms with Gasteiger partial charge >= 0.3 is 0 Å². The fourth-order valence-corrected chi connectivity index (χ4v) is 4.91. The van der Waals surface area contributed by atoms with Crippen LogP contribution in [0.4, 0.5) is 5.82 Å². The average Bonchev–Trinajstić information content (AvgIpc) is 3.47. The van der Waals surface area contributed by atoms with Crippen LogP contribution >= 0.6 is 0 Å². The number of amides is 1. The normalized spacial score (nSPS) is 25.3. The third-order valence-electron chi connectivity index (χ3n) is 6.49. The summed E-state index contributed by atoms with van der Waals surface area (Å²) in [5.41, 5.74) is 1.28. The molecule has 0 radical (unpaired) electrons. The van der Waals surface area contributed by atoms with E-state index in [4.69, 9.17) is 9.26 Å². The Labute approximate surface area is 181 Å². The number of methoxy groups -OCH3 is 1. The van der Waals surface area contributed by atoms with Crippen molar-refractivity contribution in [3.63, 3.8) is 0 Å². The summed E-state index contributed by atoms with van der Waals surface area (Å²) in [6.45, 7) is 1.46. The molecule has 1 aliphatic carbocycles. The average molecular weight is 418 g/mol. The van der Waals surface area contributed by atoms with E-state index in [1.807, 2.05) is 53.4 Å². The zero-order valence-corrected chi connectivity index (χ0v) is 17.5. The minimum atomic E-state index is -0.0662. The van der Waals surface area contributed by atoms with Crippen LogP contribution in [0.2, 0.25) is 0 Å². The number of fused-ring (bicyclic) bond motifs is 1. The first kappa shape index (κ1) is 19.8. The molecule has 1 aliphatic heterocycles. The van der Waals surface area contributed by atoms with Gasteiger partial charge in [0, 0.05) is 38.0 Å². The molecule has 3 heterocycles. The fraction of sp³-hybridized carbons (Fsp3) is 0.375. The van der Waals surface area contributed by atoms with Crippen molar-refractivity contribution in [2.24, 2.45) is 11.8 Å². The number of benzene rings is 1. The molecule has 1 saturated heterocycles. The van der Waals surface area contributed by atoms with Crippen LogP contribution in [0.1, 0.15) is 23.3 Å². The van der Waals surface area contributed by atoms with E-state index in [1.165, 1.54) is 0 Å². The number of aromatic nitrogens is 2. The van der Waals surface area contributed by atoms with Gasteiger partial charge in [-0.3, -0.25) is 4.79 Å². The van der Waals surface area contributed by atoms with Gasteiger partial charge in [0.25, 0.3) is 5.91 Å². The maximum Gasteiger partial charge on any atom is 0.276 e. The smallest absolute Gasteiger partial charge is 0.276 e. The van der Waals surface area contributed by atoms with Gasteiger partial charge in [-0.2, -0.15) is 0 Å². The van der Waals surface area contributed by atoms with Crippen molar-refractivity contribution < 1.29 is 14.1 Å². The summed E-state index contributed by atoms with van der Waals surface area (Å²) < 4.78 is 11.2. The highest BCUT2D eigenvalue weighted by atomic mass is 16.5. The first-order valence-corrected chi connectivity index (χ1v) is 10.7. The third-order valence-corrected chi connectivity index (χ3v) is 6.49. The van der Waals surface area contributed by atoms with Crippen LogP contribution in [0.3, 0.4) is 0 Å². The predicted molar refractivity (Wildman–Crippen MR) is 117 cm³/mol. The maximum absolute atomic E-state index is 13.1. The Balaban J connectivity index is 1.27. The van der Waals surface area contributed by atoms with Crippen LogP contribution in [-0.4, -0.2) is 53.3 Å². The van der Waals surface area contributed by atoms with Crippen molar-refractivity contribution >= 4 is 11.7 Å². The van der Waals surface area contributed by atoms with Crippen molar-refractivity contribution in [2.45, 2.75) is 25.0 Å². The first-order chi connectivity index (χ1) is 15.2. The third kappa shape index (κ3) is 4.05. The van der Waals surface area contributed by atoms with Crippen molar-refractivity contribution in [2.75, 3.05) is 25.5 Å². The number of carbonyl (C=O) groups is 1. The number of anilines is 1. The molecule has 1 amide bonds. The summed E-state index contributed by atoms with van der Waals surface area (Å²) in [5, 5.41) is 7.57. The monoisotopic (exact) mass is 418 g/mol. The van der Waals surface area contributed by atoms with Gasteiger partial charge in [-0.05, 0) is 36.8 Å². The number of hydrogen-bond donors (Lipinski definition) is 1. The lowest BCUT2D eigenvalue weighted by molar-refractivity contribution is 0.0304. The second-order valence-electron chi connectivity index (χ2n) is 8.38. The van der Waals surface area contributed by atoms with Gasteiger partial charge in [-0.15, -0.1) is 0 Å². The topological polar surface area (TPSA) is 80.5 Å². The van der Waals surface area contributed by atoms with Gasteiger partial charge < -0.3 is 19.5 Å². The van der Waals surface area contributed by atoms with Crippen molar-refractivity contribution in [3.8, 4) is 11.3 Å². The Morgan fingerprint density at radius 3 is 2.61 bits per heavy atom. The molecule has 1 N–H and O–H groups in total. The quantitative estimate of drug-likeness (QED) is 0.680. The molecule has 1 aromatic carbocycles. The van der Waals surface area contributed by atoms with Gasteiger partial charge in [0.1, 0.15) is 5.82 Å². The minimum absolute atomic E-state index is 0.0662. The number of nitrogens with one attached hydrogen (secondary N) is 1. The molecule has 31 heavy (non-hydrogen) atoms. The van der Waals surface area contributed by atoms with E-state index < -0.39 is 0 Å². The highest BCUT2D eigenvalue weighted by molar-refractivity contribution is 5.93. The predicted octanol–water partition coefficient (Wildman–Crippen LogP) is 3.71. The lowest BCUT2D eigenvalue weighted by Crippen LogP contribution is -2.44. The second-order valence-corrected chi connectivity index (χ2v) is 8.38. The summed E-state index contributed by atoms with van der Waals surface area (Å²) in [6, 6.07) is 17.5.